The van der Waals surface area contributed by atoms with Crippen LogP contribution in [0, 0.1) is 0 Å². The first-order chi connectivity index (χ1) is 8.98. The van der Waals surface area contributed by atoms with E-state index in [4.69, 9.17) is 15.3 Å². The third-order valence-corrected chi connectivity index (χ3v) is 2.28. The van der Waals surface area contributed by atoms with Crippen LogP contribution in [0.15, 0.2) is 0 Å². The molecule has 0 heterocycles. The van der Waals surface area contributed by atoms with Gasteiger partial charge in [-0.2, -0.15) is 4.57 Å². The van der Waals surface area contributed by atoms with E-state index in [9.17, 15) is 33.3 Å². The molecule has 0 radical (unpaired) electrons. The zero-order chi connectivity index (χ0) is 16.1. The van der Waals surface area contributed by atoms with Crippen molar-refractivity contribution < 1.29 is 115 Å². The summed E-state index contributed by atoms with van der Waals surface area (Å²) in [6.07, 6.45) is 0. The van der Waals surface area contributed by atoms with Crippen LogP contribution < -0.4 is 51.4 Å². The summed E-state index contributed by atoms with van der Waals surface area (Å²) in [6.45, 7) is 0. The van der Waals surface area contributed by atoms with Crippen molar-refractivity contribution in [3.05, 3.63) is 0 Å². The Kier molecular flexibility index (Phi) is 9.27. The summed E-state index contributed by atoms with van der Waals surface area (Å²) in [5.41, 5.74) is 0. The second-order valence-corrected chi connectivity index (χ2v) is 3.94. The number of phosphoric acid groups is 1. The molecule has 0 aromatic heterocycles. The number of rotatable bonds is 3. The van der Waals surface area contributed by atoms with Crippen molar-refractivity contribution in [2.45, 2.75) is 0 Å². The van der Waals surface area contributed by atoms with E-state index in [0.29, 0.717) is 0 Å². The third kappa shape index (κ3) is 7.89. The van der Waals surface area contributed by atoms with Gasteiger partial charge in [-0.3, -0.25) is 0 Å². The number of carbonyl (C=O) groups excluding carboxylic acids is 3. The van der Waals surface area contributed by atoms with Gasteiger partial charge in [-0.25, -0.2) is 28.8 Å². The van der Waals surface area contributed by atoms with Gasteiger partial charge in [0.05, 0.1) is 0 Å². The topological polar surface area (TPSA) is 208 Å². The first kappa shape index (κ1) is 22.0. The number of carbonyl (C=O) groups is 6. The average Bonchev–Trinajstić information content (AvgIpc) is 2.27. The van der Waals surface area contributed by atoms with Gasteiger partial charge in [-0.05, 0) is 0 Å². The summed E-state index contributed by atoms with van der Waals surface area (Å²) in [5, 5.41) is 24.4. The molecule has 3 N–H and O–H groups in total. The normalized spacial score (nSPS) is 9.52. The van der Waals surface area contributed by atoms with Crippen LogP contribution in [0.5, 0.6) is 0 Å². The van der Waals surface area contributed by atoms with Crippen LogP contribution in [0.4, 0.5) is 0 Å². The van der Waals surface area contributed by atoms with Gasteiger partial charge in [0.1, 0.15) is 0 Å². The van der Waals surface area contributed by atoms with Gasteiger partial charge in [0.2, 0.25) is 0 Å². The van der Waals surface area contributed by atoms with Crippen molar-refractivity contribution in [3.63, 3.8) is 0 Å². The largest absolute Gasteiger partial charge is 1.00 e. The van der Waals surface area contributed by atoms with Gasteiger partial charge in [0, 0.05) is 0 Å². The molecule has 0 aromatic carbocycles. The zero-order valence-corrected chi connectivity index (χ0v) is 13.9. The molecule has 0 aliphatic heterocycles. The standard InChI is InChI=1S/C6H3O13P.K.H/c7-1(8)4(13)17-20(16,18-5(14)2(9)10)19-6(15)3(11)12;;/h(H,7,8)(H,9,10)(H,11,12);;/q;+1;-1. The average molecular weight is 354 g/mol. The molecule has 0 spiro atoms. The first-order valence-electron chi connectivity index (χ1n) is 3.99. The van der Waals surface area contributed by atoms with E-state index in [2.05, 4.69) is 13.6 Å². The minimum Gasteiger partial charge on any atom is -1.00 e. The third-order valence-electron chi connectivity index (χ3n) is 1.11. The number of hydrogen-bond donors (Lipinski definition) is 3. The Labute approximate surface area is 157 Å². The van der Waals surface area contributed by atoms with Crippen LogP contribution in [-0.4, -0.2) is 51.1 Å². The van der Waals surface area contributed by atoms with Gasteiger partial charge in [0.15, 0.2) is 0 Å². The molecule has 0 saturated carbocycles. The molecule has 112 valence electrons. The molecule has 0 amide bonds. The van der Waals surface area contributed by atoms with Crippen molar-refractivity contribution in [2.75, 3.05) is 0 Å². The summed E-state index contributed by atoms with van der Waals surface area (Å²) < 4.78 is 21.8. The summed E-state index contributed by atoms with van der Waals surface area (Å²) in [5.74, 6) is -14.2. The Bertz CT molecular complexity index is 479. The second kappa shape index (κ2) is 8.86. The fraction of sp³-hybridized carbons (Fsp3) is 0. The smallest absolute Gasteiger partial charge is 1.00 e. The van der Waals surface area contributed by atoms with Crippen molar-refractivity contribution >= 4 is 43.6 Å². The molecule has 13 nitrogen and oxygen atoms in total. The minimum absolute atomic E-state index is 0. The molecule has 15 heteroatoms. The molecule has 0 fully saturated rings. The van der Waals surface area contributed by atoms with E-state index in [0.717, 1.165) is 0 Å². The van der Waals surface area contributed by atoms with Crippen molar-refractivity contribution in [1.29, 1.82) is 0 Å². The maximum Gasteiger partial charge on any atom is 1.00 e. The molecule has 0 bridgehead atoms. The number of carboxylic acid groups (broad SMARTS) is 3. The molecule has 0 aliphatic carbocycles. The Morgan fingerprint density at radius 2 is 0.857 bits per heavy atom. The van der Waals surface area contributed by atoms with Crippen molar-refractivity contribution in [3.8, 4) is 0 Å². The summed E-state index contributed by atoms with van der Waals surface area (Å²) >= 11 is 0. The predicted octanol–water partition coefficient (Wildman–Crippen LogP) is -4.91. The van der Waals surface area contributed by atoms with E-state index in [1.165, 1.54) is 0 Å². The Balaban J connectivity index is -0.00000180. The van der Waals surface area contributed by atoms with Crippen LogP contribution in [0.25, 0.3) is 0 Å². The molecule has 21 heavy (non-hydrogen) atoms. The quantitative estimate of drug-likeness (QED) is 0.247. The second-order valence-electron chi connectivity index (χ2n) is 2.50. The van der Waals surface area contributed by atoms with E-state index >= 15 is 0 Å². The first-order valence-corrected chi connectivity index (χ1v) is 5.45. The van der Waals surface area contributed by atoms with Crippen LogP contribution >= 0.6 is 7.82 Å². The molecule has 0 rings (SSSR count). The van der Waals surface area contributed by atoms with Crippen LogP contribution in [0.1, 0.15) is 1.43 Å². The molecule has 0 aliphatic rings. The number of hydrogen-bond acceptors (Lipinski definition) is 10. The molecule has 0 aromatic rings. The fourth-order valence-electron chi connectivity index (χ4n) is 0.478. The van der Waals surface area contributed by atoms with Crippen molar-refractivity contribution in [2.24, 2.45) is 0 Å². The van der Waals surface area contributed by atoms with Crippen LogP contribution in [0.3, 0.4) is 0 Å². The van der Waals surface area contributed by atoms with Crippen LogP contribution in [0.2, 0.25) is 0 Å². The maximum absolute atomic E-state index is 11.4. The Hall–Kier alpha value is -1.31. The summed E-state index contributed by atoms with van der Waals surface area (Å²) in [4.78, 5) is 62.1. The van der Waals surface area contributed by atoms with Crippen LogP contribution in [-0.2, 0) is 46.9 Å². The molecule has 0 saturated heterocycles. The van der Waals surface area contributed by atoms with Gasteiger partial charge < -0.3 is 30.3 Å². The van der Waals surface area contributed by atoms with Gasteiger partial charge in [-0.15, -0.1) is 0 Å². The number of carboxylic acids is 3. The maximum atomic E-state index is 11.4. The summed E-state index contributed by atoms with van der Waals surface area (Å²) in [7, 11) is -5.74. The van der Waals surface area contributed by atoms with Gasteiger partial charge in [-0.1, -0.05) is 0 Å². The Morgan fingerprint density at radius 1 is 0.667 bits per heavy atom. The van der Waals surface area contributed by atoms with Gasteiger partial charge >= 0.3 is 95.0 Å². The minimum atomic E-state index is -5.74. The molecular formula is C6H4KO13P. The monoisotopic (exact) mass is 354 g/mol. The molecule has 0 unspecified atom stereocenters. The number of phosphoric ester groups is 1. The zero-order valence-electron chi connectivity index (χ0n) is 10.9. The fourth-order valence-corrected chi connectivity index (χ4v) is 1.43. The van der Waals surface area contributed by atoms with E-state index < -0.39 is 43.6 Å². The van der Waals surface area contributed by atoms with E-state index in [1.807, 2.05) is 0 Å². The molecular weight excluding hydrogens is 350 g/mol. The SMILES string of the molecule is O=C(O)C(=O)OP(=O)(OC(=O)C(=O)O)OC(=O)C(=O)O.[H-].[K+]. The van der Waals surface area contributed by atoms with Gasteiger partial charge in [0.25, 0.3) is 0 Å². The van der Waals surface area contributed by atoms with E-state index in [-0.39, 0.29) is 52.8 Å². The summed E-state index contributed by atoms with van der Waals surface area (Å²) in [6, 6.07) is 0. The van der Waals surface area contributed by atoms with E-state index in [1.54, 1.807) is 0 Å². The molecule has 0 atom stereocenters. The number of aliphatic carboxylic acids is 3. The van der Waals surface area contributed by atoms with Crippen molar-refractivity contribution in [1.82, 2.24) is 0 Å². The predicted molar refractivity (Wildman–Crippen MR) is 49.9 cm³/mol. The Morgan fingerprint density at radius 3 is 1.00 bits per heavy atom.